The first-order valence-electron chi connectivity index (χ1n) is 10.7. The number of aromatic amines is 1. The highest BCUT2D eigenvalue weighted by atomic mass is 16.1. The fraction of sp³-hybridized carbons (Fsp3) is 0.0385. The van der Waals surface area contributed by atoms with Gasteiger partial charge in [0.15, 0.2) is 5.82 Å². The van der Waals surface area contributed by atoms with Crippen LogP contribution in [0.2, 0.25) is 0 Å². The predicted octanol–water partition coefficient (Wildman–Crippen LogP) is 3.95. The number of anilines is 1. The van der Waals surface area contributed by atoms with Crippen LogP contribution in [0.4, 0.5) is 5.82 Å². The molecule has 8 nitrogen and oxygen atoms in total. The Morgan fingerprint density at radius 3 is 2.56 bits per heavy atom. The highest BCUT2D eigenvalue weighted by molar-refractivity contribution is 6.12. The van der Waals surface area contributed by atoms with E-state index in [-0.39, 0.29) is 17.4 Å². The molecule has 0 aliphatic rings. The molecular weight excluding hydrogens is 426 g/mol. The van der Waals surface area contributed by atoms with Crippen molar-refractivity contribution in [1.29, 1.82) is 5.41 Å². The van der Waals surface area contributed by atoms with E-state index in [0.717, 1.165) is 16.6 Å². The predicted molar refractivity (Wildman–Crippen MR) is 132 cm³/mol. The third kappa shape index (κ3) is 4.24. The number of H-pyrrole nitrogens is 1. The zero-order valence-corrected chi connectivity index (χ0v) is 18.1. The van der Waals surface area contributed by atoms with E-state index in [2.05, 4.69) is 25.3 Å². The molecule has 166 valence electrons. The minimum absolute atomic E-state index is 0.132. The van der Waals surface area contributed by atoms with Crippen LogP contribution < -0.4 is 11.1 Å². The first-order valence-corrected chi connectivity index (χ1v) is 10.7. The van der Waals surface area contributed by atoms with E-state index in [9.17, 15) is 4.79 Å². The van der Waals surface area contributed by atoms with Crippen LogP contribution in [0.25, 0.3) is 22.2 Å². The van der Waals surface area contributed by atoms with Crippen LogP contribution in [0.3, 0.4) is 0 Å². The number of carbonyl (C=O) groups excluding carboxylic acids is 1. The van der Waals surface area contributed by atoms with Gasteiger partial charge in [0.25, 0.3) is 5.91 Å². The lowest BCUT2D eigenvalue weighted by molar-refractivity contribution is 0.0950. The van der Waals surface area contributed by atoms with Crippen LogP contribution in [0, 0.1) is 5.41 Å². The van der Waals surface area contributed by atoms with Crippen LogP contribution in [-0.2, 0) is 6.54 Å². The molecule has 2 aromatic carbocycles. The van der Waals surface area contributed by atoms with E-state index in [4.69, 9.17) is 11.1 Å². The number of nitrogens with two attached hydrogens (primary N) is 1. The van der Waals surface area contributed by atoms with E-state index in [1.54, 1.807) is 24.5 Å². The first kappa shape index (κ1) is 21.0. The van der Waals surface area contributed by atoms with Gasteiger partial charge in [0.1, 0.15) is 11.5 Å². The summed E-state index contributed by atoms with van der Waals surface area (Å²) in [5.74, 6) is 0.398. The highest BCUT2D eigenvalue weighted by Crippen LogP contribution is 2.24. The zero-order chi connectivity index (χ0) is 23.5. The van der Waals surface area contributed by atoms with Gasteiger partial charge in [0.05, 0.1) is 16.6 Å². The second kappa shape index (κ2) is 8.95. The average Bonchev–Trinajstić information content (AvgIpc) is 3.32. The molecule has 0 unspecified atom stereocenters. The number of hydrogen-bond donors (Lipinski definition) is 4. The standard InChI is InChI=1S/C26H21N7O/c27-23(25-32-21-8-4-5-9-22(21)33-25)20-11-18(15-30-24(20)28)17-10-19(14-29-13-17)26(34)31-12-16-6-2-1-3-7-16/h1-11,13-15,27H,12H2,(H2,28,30)(H,31,34)(H,32,33). The Kier molecular flexibility index (Phi) is 5.53. The third-order valence-electron chi connectivity index (χ3n) is 5.44. The molecule has 0 bridgehead atoms. The minimum atomic E-state index is -0.225. The molecule has 0 atom stereocenters. The number of amides is 1. The van der Waals surface area contributed by atoms with Gasteiger partial charge in [-0.1, -0.05) is 42.5 Å². The fourth-order valence-corrected chi connectivity index (χ4v) is 3.63. The molecule has 3 heterocycles. The second-order valence-electron chi connectivity index (χ2n) is 7.76. The molecule has 3 aromatic heterocycles. The van der Waals surface area contributed by atoms with Crippen LogP contribution >= 0.6 is 0 Å². The van der Waals surface area contributed by atoms with Crippen LogP contribution in [0.1, 0.15) is 27.3 Å². The number of nitrogens with one attached hydrogen (secondary N) is 3. The van der Waals surface area contributed by atoms with Crippen molar-refractivity contribution in [3.63, 3.8) is 0 Å². The Bertz CT molecular complexity index is 1480. The molecule has 5 N–H and O–H groups in total. The Morgan fingerprint density at radius 1 is 0.971 bits per heavy atom. The van der Waals surface area contributed by atoms with Crippen LogP contribution in [0.15, 0.2) is 85.3 Å². The molecule has 8 heteroatoms. The number of nitrogens with zero attached hydrogens (tertiary/aromatic N) is 3. The van der Waals surface area contributed by atoms with E-state index in [1.807, 2.05) is 54.6 Å². The number of carbonyl (C=O) groups is 1. The molecule has 0 radical (unpaired) electrons. The monoisotopic (exact) mass is 447 g/mol. The SMILES string of the molecule is N=C(c1nc2ccccc2[nH]1)c1cc(-c2cncc(C(=O)NCc3ccccc3)c2)cnc1N. The lowest BCUT2D eigenvalue weighted by Gasteiger charge is -2.10. The van der Waals surface area contributed by atoms with Gasteiger partial charge in [-0.05, 0) is 29.8 Å². The summed E-state index contributed by atoms with van der Waals surface area (Å²) in [4.78, 5) is 28.8. The number of aromatic nitrogens is 4. The maximum absolute atomic E-state index is 12.7. The van der Waals surface area contributed by atoms with Crippen molar-refractivity contribution >= 4 is 28.5 Å². The average molecular weight is 448 g/mol. The Hall–Kier alpha value is -4.85. The topological polar surface area (TPSA) is 133 Å². The maximum Gasteiger partial charge on any atom is 0.253 e. The summed E-state index contributed by atoms with van der Waals surface area (Å²) in [5, 5.41) is 11.6. The largest absolute Gasteiger partial charge is 0.383 e. The Morgan fingerprint density at radius 2 is 1.74 bits per heavy atom. The molecule has 1 amide bonds. The summed E-state index contributed by atoms with van der Waals surface area (Å²) in [7, 11) is 0. The van der Waals surface area contributed by atoms with Crippen molar-refractivity contribution in [3.05, 3.63) is 108 Å². The molecule has 0 fully saturated rings. The molecular formula is C26H21N7O. The van der Waals surface area contributed by atoms with E-state index < -0.39 is 0 Å². The maximum atomic E-state index is 12.7. The first-order chi connectivity index (χ1) is 16.6. The molecule has 0 saturated heterocycles. The number of benzene rings is 2. The molecule has 34 heavy (non-hydrogen) atoms. The molecule has 5 rings (SSSR count). The minimum Gasteiger partial charge on any atom is -0.383 e. The smallest absolute Gasteiger partial charge is 0.253 e. The van der Waals surface area contributed by atoms with Crippen molar-refractivity contribution in [2.45, 2.75) is 6.54 Å². The molecule has 5 aromatic rings. The summed E-state index contributed by atoms with van der Waals surface area (Å²) in [6.45, 7) is 0.423. The number of pyridine rings is 2. The van der Waals surface area contributed by atoms with Gasteiger partial charge in [-0.3, -0.25) is 15.2 Å². The number of fused-ring (bicyclic) bond motifs is 1. The number of nitrogen functional groups attached to an aromatic ring is 1. The van der Waals surface area contributed by atoms with Gasteiger partial charge < -0.3 is 16.0 Å². The summed E-state index contributed by atoms with van der Waals surface area (Å²) in [6.07, 6.45) is 4.77. The van der Waals surface area contributed by atoms with Crippen LogP contribution in [0.5, 0.6) is 0 Å². The summed E-state index contributed by atoms with van der Waals surface area (Å²) in [5.41, 5.74) is 11.1. The van der Waals surface area contributed by atoms with Gasteiger partial charge in [-0.15, -0.1) is 0 Å². The van der Waals surface area contributed by atoms with Crippen molar-refractivity contribution < 1.29 is 4.79 Å². The Balaban J connectivity index is 1.40. The van der Waals surface area contributed by atoms with E-state index >= 15 is 0 Å². The van der Waals surface area contributed by atoms with Gasteiger partial charge in [-0.2, -0.15) is 0 Å². The number of imidazole rings is 1. The van der Waals surface area contributed by atoms with Crippen molar-refractivity contribution in [2.75, 3.05) is 5.73 Å². The second-order valence-corrected chi connectivity index (χ2v) is 7.76. The number of para-hydroxylation sites is 2. The van der Waals surface area contributed by atoms with E-state index in [0.29, 0.717) is 34.6 Å². The highest BCUT2D eigenvalue weighted by Gasteiger charge is 2.16. The lowest BCUT2D eigenvalue weighted by Crippen LogP contribution is -2.22. The number of rotatable bonds is 6. The summed E-state index contributed by atoms with van der Waals surface area (Å²) in [6, 6.07) is 20.8. The lowest BCUT2D eigenvalue weighted by atomic mass is 10.0. The normalized spacial score (nSPS) is 10.8. The fourth-order valence-electron chi connectivity index (χ4n) is 3.63. The van der Waals surface area contributed by atoms with Crippen molar-refractivity contribution in [3.8, 4) is 11.1 Å². The van der Waals surface area contributed by atoms with Crippen molar-refractivity contribution in [1.82, 2.24) is 25.3 Å². The quantitative estimate of drug-likeness (QED) is 0.293. The molecule has 0 aliphatic carbocycles. The van der Waals surface area contributed by atoms with Gasteiger partial charge in [0.2, 0.25) is 0 Å². The molecule has 0 spiro atoms. The third-order valence-corrected chi connectivity index (χ3v) is 5.44. The van der Waals surface area contributed by atoms with Crippen LogP contribution in [-0.4, -0.2) is 31.6 Å². The number of hydrogen-bond acceptors (Lipinski definition) is 6. The summed E-state index contributed by atoms with van der Waals surface area (Å²) >= 11 is 0. The molecule has 0 saturated carbocycles. The molecule has 0 aliphatic heterocycles. The van der Waals surface area contributed by atoms with Gasteiger partial charge >= 0.3 is 0 Å². The zero-order valence-electron chi connectivity index (χ0n) is 18.1. The Labute approximate surface area is 195 Å². The van der Waals surface area contributed by atoms with Gasteiger partial charge in [-0.25, -0.2) is 9.97 Å². The summed E-state index contributed by atoms with van der Waals surface area (Å²) < 4.78 is 0. The van der Waals surface area contributed by atoms with Crippen molar-refractivity contribution in [2.24, 2.45) is 0 Å². The van der Waals surface area contributed by atoms with Gasteiger partial charge in [0, 0.05) is 41.8 Å². The van der Waals surface area contributed by atoms with E-state index in [1.165, 1.54) is 6.20 Å².